The second-order valence-corrected chi connectivity index (χ2v) is 40.8. The molecule has 4 saturated heterocycles. The van der Waals surface area contributed by atoms with Crippen LogP contribution in [0.3, 0.4) is 0 Å². The van der Waals surface area contributed by atoms with Crippen molar-refractivity contribution < 1.29 is 75.8 Å². The number of hydrogen-bond donors (Lipinski definition) is 0. The van der Waals surface area contributed by atoms with E-state index in [9.17, 15) is 0 Å². The molecule has 12 rings (SSSR count). The third-order valence-electron chi connectivity index (χ3n) is 19.4. The van der Waals surface area contributed by atoms with Crippen molar-refractivity contribution in [2.45, 2.75) is 276 Å². The predicted molar refractivity (Wildman–Crippen MR) is 459 cm³/mol. The van der Waals surface area contributed by atoms with Crippen LogP contribution in [0.25, 0.3) is 43.1 Å². The first-order valence-corrected chi connectivity index (χ1v) is 41.8. The molecule has 0 N–H and O–H groups in total. The number of epoxide rings is 4. The van der Waals surface area contributed by atoms with Gasteiger partial charge in [-0.25, -0.2) is 0 Å². The van der Waals surface area contributed by atoms with Crippen molar-refractivity contribution in [1.29, 1.82) is 0 Å². The maximum Gasteiger partial charge on any atom is 0.123 e. The Balaban J connectivity index is 0.000000259. The van der Waals surface area contributed by atoms with Crippen LogP contribution in [0.2, 0.25) is 0 Å². The van der Waals surface area contributed by atoms with Gasteiger partial charge in [-0.1, -0.05) is 132 Å². The van der Waals surface area contributed by atoms with E-state index in [2.05, 4.69) is 275 Å². The molecule has 0 radical (unpaired) electrons. The molecule has 16 heteroatoms. The zero-order valence-electron chi connectivity index (χ0n) is 73.4. The lowest BCUT2D eigenvalue weighted by Crippen LogP contribution is -2.34. The zero-order valence-corrected chi connectivity index (χ0v) is 73.4. The zero-order chi connectivity index (χ0) is 82.3. The van der Waals surface area contributed by atoms with E-state index >= 15 is 0 Å². The summed E-state index contributed by atoms with van der Waals surface area (Å²) < 4.78 is 101. The van der Waals surface area contributed by atoms with Crippen LogP contribution >= 0.6 is 0 Å². The highest BCUT2D eigenvalue weighted by Gasteiger charge is 2.33. The molecule has 16 nitrogen and oxygen atoms in total. The maximum absolute atomic E-state index is 7.06. The minimum absolute atomic E-state index is 0.0292. The Morgan fingerprint density at radius 3 is 0.684 bits per heavy atom. The van der Waals surface area contributed by atoms with Gasteiger partial charge in [0.1, 0.15) is 123 Å². The summed E-state index contributed by atoms with van der Waals surface area (Å²) in [7, 11) is 0. The van der Waals surface area contributed by atoms with E-state index in [4.69, 9.17) is 75.8 Å². The Bertz CT molecular complexity index is 4100. The van der Waals surface area contributed by atoms with Crippen LogP contribution < -0.4 is 37.9 Å². The smallest absolute Gasteiger partial charge is 0.123 e. The Morgan fingerprint density at radius 2 is 0.465 bits per heavy atom. The Kier molecular flexibility index (Phi) is 28.0. The molecule has 8 aromatic carbocycles. The summed E-state index contributed by atoms with van der Waals surface area (Å²) in [5.41, 5.74) is 3.10. The van der Waals surface area contributed by atoms with Gasteiger partial charge in [-0.2, -0.15) is 0 Å². The summed E-state index contributed by atoms with van der Waals surface area (Å²) in [4.78, 5) is 0. The highest BCUT2D eigenvalue weighted by molar-refractivity contribution is 5.94. The molecule has 8 aromatic rings. The first kappa shape index (κ1) is 87.7. The number of rotatable bonds is 36. The largest absolute Gasteiger partial charge is 0.491 e. The number of fused-ring (bicyclic) bond motifs is 4. The fraction of sp³-hybridized carbons (Fsp3) is 0.592. The Hall–Kier alpha value is -7.12. The first-order chi connectivity index (χ1) is 53.3. The van der Waals surface area contributed by atoms with Crippen molar-refractivity contribution in [3.8, 4) is 46.0 Å². The molecular weight excluding hydrogens is 1430 g/mol. The number of hydrogen-bond acceptors (Lipinski definition) is 16. The van der Waals surface area contributed by atoms with Gasteiger partial charge in [-0.05, 0) is 246 Å². The van der Waals surface area contributed by atoms with E-state index in [1.807, 2.05) is 12.1 Å². The van der Waals surface area contributed by atoms with Gasteiger partial charge in [0.15, 0.2) is 0 Å². The summed E-state index contributed by atoms with van der Waals surface area (Å²) in [5.74, 6) is 6.45. The molecule has 8 atom stereocenters. The fourth-order valence-corrected chi connectivity index (χ4v) is 14.8. The molecule has 0 bridgehead atoms. The molecule has 0 aromatic heterocycles. The lowest BCUT2D eigenvalue weighted by Gasteiger charge is -2.32. The number of benzene rings is 8. The van der Waals surface area contributed by atoms with Crippen LogP contribution in [0.4, 0.5) is 0 Å². The molecule has 4 aliphatic heterocycles. The second-order valence-electron chi connectivity index (χ2n) is 40.8. The third-order valence-corrected chi connectivity index (χ3v) is 19.4. The van der Waals surface area contributed by atoms with Crippen molar-refractivity contribution in [2.75, 3.05) is 79.3 Å². The van der Waals surface area contributed by atoms with E-state index in [1.165, 1.54) is 0 Å². The van der Waals surface area contributed by atoms with Gasteiger partial charge in [-0.3, -0.25) is 0 Å². The summed E-state index contributed by atoms with van der Waals surface area (Å²) in [6.45, 7) is 59.2. The second kappa shape index (κ2) is 36.4. The van der Waals surface area contributed by atoms with E-state index in [-0.39, 0.29) is 92.9 Å². The summed E-state index contributed by atoms with van der Waals surface area (Å²) in [5, 5.41) is 8.67. The normalized spacial score (nSPS) is 18.4. The van der Waals surface area contributed by atoms with Gasteiger partial charge in [0, 0.05) is 35.1 Å². The van der Waals surface area contributed by atoms with E-state index in [1.54, 1.807) is 0 Å². The molecule has 0 spiro atoms. The minimum Gasteiger partial charge on any atom is -0.491 e. The first-order valence-electron chi connectivity index (χ1n) is 41.8. The van der Waals surface area contributed by atoms with Crippen LogP contribution in [0.1, 0.15) is 214 Å². The van der Waals surface area contributed by atoms with Crippen molar-refractivity contribution >= 4 is 43.1 Å². The molecule has 0 amide bonds. The highest BCUT2D eigenvalue weighted by Crippen LogP contribution is 2.43. The van der Waals surface area contributed by atoms with Gasteiger partial charge in [0.05, 0.1) is 73.2 Å². The van der Waals surface area contributed by atoms with Crippen LogP contribution in [-0.4, -0.2) is 151 Å². The van der Waals surface area contributed by atoms with Gasteiger partial charge in [0.25, 0.3) is 0 Å². The average molecular weight is 1570 g/mol. The van der Waals surface area contributed by atoms with E-state index < -0.39 is 0 Å². The standard InChI is InChI=1S/C65H104O8.C33H32O8/c1-58(2,3)36-48(70-62(13,14)15)40-66-46-29-25-44-27-31-56(68-42-50(38-60(7,8)9)72-64(19,20)21)54(52(44)33-46)35-55-53-34-47(67-41-49(37-59(4,5)6)71-63(16,17)18)30-26-45(53)28-32-57(55)69-43-51(39-61(10,11)12)73-65(22,23)24;1-5-22(34-12-24-14-36-24)9-28-20(1)3-7-32(40-18-26-16-38-26)30(28)11-31-29-10-23(35-13-25-15-37-25)6-2-21(29)4-8-33(31)41-19-27-17-39-27/h25-34,48-51H,35-43H2,1-24H3;1-10,24-27H,11-19H2. The maximum atomic E-state index is 7.06. The quantitative estimate of drug-likeness (QED) is 0.0341. The van der Waals surface area contributed by atoms with Crippen LogP contribution in [0, 0.1) is 21.7 Å². The summed E-state index contributed by atoms with van der Waals surface area (Å²) in [6.07, 6.45) is 4.72. The van der Waals surface area contributed by atoms with Gasteiger partial charge in [-0.15, -0.1) is 0 Å². The summed E-state index contributed by atoms with van der Waals surface area (Å²) in [6, 6.07) is 42.2. The fourth-order valence-electron chi connectivity index (χ4n) is 14.8. The third kappa shape index (κ3) is 29.2. The molecular formula is C98H136O16. The molecule has 0 saturated carbocycles. The number of ether oxygens (including phenoxy) is 16. The van der Waals surface area contributed by atoms with Crippen molar-refractivity contribution in [3.63, 3.8) is 0 Å². The van der Waals surface area contributed by atoms with Gasteiger partial charge < -0.3 is 75.8 Å². The van der Waals surface area contributed by atoms with Crippen LogP contribution in [0.15, 0.2) is 121 Å². The SMILES string of the molecule is CC(C)(C)CC(COc1ccc2ccc(OCC(CC(C)(C)C)OC(C)(C)C)c(Cc3c(OCC(CC(C)(C)C)OC(C)(C)C)ccc4ccc(OCC(CC(C)(C)C)OC(C)(C)C)cc34)c2c1)OC(C)(C)C.c1cc2ccc(OCC3CO3)c(Cc3c(OCC4CO4)ccc4ccc(OCC5CO5)cc34)c2cc1OCC1CO1. The van der Waals surface area contributed by atoms with Crippen molar-refractivity contribution in [1.82, 2.24) is 0 Å². The Labute approximate surface area is 681 Å². The van der Waals surface area contributed by atoms with E-state index in [0.29, 0.717) is 65.7 Å². The molecule has 4 heterocycles. The topological polar surface area (TPSA) is 161 Å². The van der Waals surface area contributed by atoms with Crippen molar-refractivity contribution in [2.24, 2.45) is 21.7 Å². The van der Waals surface area contributed by atoms with Gasteiger partial charge in [0.2, 0.25) is 0 Å². The predicted octanol–water partition coefficient (Wildman–Crippen LogP) is 22.3. The molecule has 4 aliphatic rings. The summed E-state index contributed by atoms with van der Waals surface area (Å²) >= 11 is 0. The lowest BCUT2D eigenvalue weighted by atomic mass is 9.89. The lowest BCUT2D eigenvalue weighted by molar-refractivity contribution is -0.0897. The monoisotopic (exact) mass is 1570 g/mol. The van der Waals surface area contributed by atoms with Crippen LogP contribution in [-0.2, 0) is 50.7 Å². The Morgan fingerprint density at radius 1 is 0.263 bits per heavy atom. The van der Waals surface area contributed by atoms with E-state index in [0.717, 1.165) is 163 Å². The molecule has 624 valence electrons. The minimum atomic E-state index is -0.346. The van der Waals surface area contributed by atoms with Crippen LogP contribution in [0.5, 0.6) is 46.0 Å². The van der Waals surface area contributed by atoms with Crippen molar-refractivity contribution in [3.05, 3.63) is 144 Å². The average Bonchev–Trinajstić information content (AvgIpc) is 1.41. The highest BCUT2D eigenvalue weighted by atomic mass is 16.6. The molecule has 0 aliphatic carbocycles. The molecule has 8 unspecified atom stereocenters. The molecule has 114 heavy (non-hydrogen) atoms. The molecule has 4 fully saturated rings. The van der Waals surface area contributed by atoms with Gasteiger partial charge >= 0.3 is 0 Å².